The fourth-order valence-corrected chi connectivity index (χ4v) is 4.28. The highest BCUT2D eigenvalue weighted by Gasteiger charge is 2.14. The van der Waals surface area contributed by atoms with Crippen LogP contribution in [0.4, 0.5) is 0 Å². The molecule has 0 bridgehead atoms. The summed E-state index contributed by atoms with van der Waals surface area (Å²) in [5.41, 5.74) is 0. The lowest BCUT2D eigenvalue weighted by molar-refractivity contribution is 0.189. The van der Waals surface area contributed by atoms with Crippen LogP contribution in [0.2, 0.25) is 0 Å². The van der Waals surface area contributed by atoms with Crippen LogP contribution < -0.4 is 5.32 Å². The molecule has 2 aromatic rings. The summed E-state index contributed by atoms with van der Waals surface area (Å²) in [6.07, 6.45) is 3.45. The Kier molecular flexibility index (Phi) is 5.63. The highest BCUT2D eigenvalue weighted by molar-refractivity contribution is 7.26. The highest BCUT2D eigenvalue weighted by atomic mass is 32.1. The first-order valence-corrected chi connectivity index (χ1v) is 8.24. The van der Waals surface area contributed by atoms with Crippen LogP contribution in [-0.2, 0) is 4.74 Å². The van der Waals surface area contributed by atoms with Crippen LogP contribution >= 0.6 is 22.7 Å². The van der Waals surface area contributed by atoms with Crippen LogP contribution in [0.3, 0.4) is 0 Å². The fourth-order valence-electron chi connectivity index (χ4n) is 2.05. The molecule has 1 unspecified atom stereocenters. The summed E-state index contributed by atoms with van der Waals surface area (Å²) in [4.78, 5) is 1.47. The monoisotopic (exact) mass is 283 g/mol. The molecule has 0 radical (unpaired) electrons. The zero-order chi connectivity index (χ0) is 12.8. The molecule has 2 aromatic heterocycles. The quantitative estimate of drug-likeness (QED) is 0.724. The first-order chi connectivity index (χ1) is 8.85. The van der Waals surface area contributed by atoms with E-state index in [0.717, 1.165) is 26.0 Å². The predicted octanol–water partition coefficient (Wildman–Crippen LogP) is 4.43. The van der Waals surface area contributed by atoms with Gasteiger partial charge in [0.25, 0.3) is 0 Å². The Bertz CT molecular complexity index is 435. The van der Waals surface area contributed by atoms with Gasteiger partial charge in [-0.05, 0) is 43.3 Å². The van der Waals surface area contributed by atoms with Crippen molar-refractivity contribution >= 4 is 32.1 Å². The Morgan fingerprint density at radius 2 is 2.28 bits per heavy atom. The number of nitrogens with one attached hydrogen (secondary N) is 1. The molecule has 100 valence electrons. The van der Waals surface area contributed by atoms with Gasteiger partial charge in [-0.1, -0.05) is 6.92 Å². The van der Waals surface area contributed by atoms with Crippen molar-refractivity contribution in [1.29, 1.82) is 0 Å². The number of hydrogen-bond acceptors (Lipinski definition) is 4. The van der Waals surface area contributed by atoms with Gasteiger partial charge in [0.1, 0.15) is 0 Å². The van der Waals surface area contributed by atoms with Crippen molar-refractivity contribution in [2.24, 2.45) is 0 Å². The predicted molar refractivity (Wildman–Crippen MR) is 81.8 cm³/mol. The molecule has 0 aliphatic carbocycles. The zero-order valence-corrected chi connectivity index (χ0v) is 12.7. The molecule has 18 heavy (non-hydrogen) atoms. The lowest BCUT2D eigenvalue weighted by Gasteiger charge is -2.16. The van der Waals surface area contributed by atoms with Crippen molar-refractivity contribution in [1.82, 2.24) is 5.32 Å². The van der Waals surface area contributed by atoms with Crippen molar-refractivity contribution in [3.63, 3.8) is 0 Å². The van der Waals surface area contributed by atoms with Crippen molar-refractivity contribution in [2.75, 3.05) is 20.3 Å². The van der Waals surface area contributed by atoms with Gasteiger partial charge in [-0.2, -0.15) is 0 Å². The SMILES string of the molecule is CCCNC(CCCOC)c1cc2sccc2s1. The third-order valence-corrected chi connectivity index (χ3v) is 5.19. The standard InChI is InChI=1S/C14H21NOS2/c1-3-7-15-11(5-4-8-16-2)13-10-14-12(18-13)6-9-17-14/h6,9-11,15H,3-5,7-8H2,1-2H3. The third-order valence-electron chi connectivity index (χ3n) is 2.98. The molecule has 0 fully saturated rings. The second kappa shape index (κ2) is 7.24. The van der Waals surface area contributed by atoms with Gasteiger partial charge in [0.2, 0.25) is 0 Å². The topological polar surface area (TPSA) is 21.3 Å². The van der Waals surface area contributed by atoms with Crippen molar-refractivity contribution in [3.8, 4) is 0 Å². The van der Waals surface area contributed by atoms with E-state index in [2.05, 4.69) is 29.8 Å². The largest absolute Gasteiger partial charge is 0.385 e. The number of ether oxygens (including phenoxy) is 1. The zero-order valence-electron chi connectivity index (χ0n) is 11.1. The molecule has 0 saturated heterocycles. The molecule has 2 rings (SSSR count). The van der Waals surface area contributed by atoms with Crippen molar-refractivity contribution in [2.45, 2.75) is 32.2 Å². The van der Waals surface area contributed by atoms with E-state index in [4.69, 9.17) is 4.74 Å². The van der Waals surface area contributed by atoms with Crippen LogP contribution in [-0.4, -0.2) is 20.3 Å². The van der Waals surface area contributed by atoms with E-state index >= 15 is 0 Å². The minimum atomic E-state index is 0.490. The minimum absolute atomic E-state index is 0.490. The normalized spacial score (nSPS) is 13.2. The molecule has 2 heterocycles. The highest BCUT2D eigenvalue weighted by Crippen LogP contribution is 2.34. The minimum Gasteiger partial charge on any atom is -0.385 e. The van der Waals surface area contributed by atoms with E-state index in [1.54, 1.807) is 7.11 Å². The van der Waals surface area contributed by atoms with E-state index in [-0.39, 0.29) is 0 Å². The van der Waals surface area contributed by atoms with Crippen LogP contribution in [0.5, 0.6) is 0 Å². The molecule has 1 N–H and O–H groups in total. The maximum absolute atomic E-state index is 5.15. The average molecular weight is 283 g/mol. The van der Waals surface area contributed by atoms with Crippen molar-refractivity contribution < 1.29 is 4.74 Å². The molecule has 0 spiro atoms. The Hall–Kier alpha value is -0.420. The maximum atomic E-state index is 5.15. The van der Waals surface area contributed by atoms with Gasteiger partial charge in [0, 0.05) is 34.0 Å². The first kappa shape index (κ1) is 14.0. The molecule has 0 aliphatic rings. The molecule has 2 nitrogen and oxygen atoms in total. The average Bonchev–Trinajstić information content (AvgIpc) is 2.94. The fraction of sp³-hybridized carbons (Fsp3) is 0.571. The molecule has 0 aromatic carbocycles. The number of rotatable bonds is 8. The summed E-state index contributed by atoms with van der Waals surface area (Å²) in [5, 5.41) is 5.83. The first-order valence-electron chi connectivity index (χ1n) is 6.54. The van der Waals surface area contributed by atoms with Gasteiger partial charge in [0.15, 0.2) is 0 Å². The van der Waals surface area contributed by atoms with Gasteiger partial charge in [-0.25, -0.2) is 0 Å². The van der Waals surface area contributed by atoms with Gasteiger partial charge in [-0.15, -0.1) is 22.7 Å². The molecule has 0 saturated carbocycles. The number of thiophene rings is 2. The Labute approximate surface area is 117 Å². The van der Waals surface area contributed by atoms with E-state index in [0.29, 0.717) is 6.04 Å². The second-order valence-corrected chi connectivity index (χ2v) is 6.50. The van der Waals surface area contributed by atoms with Crippen molar-refractivity contribution in [3.05, 3.63) is 22.4 Å². The molecule has 0 aliphatic heterocycles. The van der Waals surface area contributed by atoms with Gasteiger partial charge in [0.05, 0.1) is 0 Å². The third kappa shape index (κ3) is 3.54. The summed E-state index contributed by atoms with van der Waals surface area (Å²) in [5.74, 6) is 0. The Morgan fingerprint density at radius 3 is 3.00 bits per heavy atom. The summed E-state index contributed by atoms with van der Waals surface area (Å²) in [6.45, 7) is 4.15. The van der Waals surface area contributed by atoms with E-state index in [9.17, 15) is 0 Å². The molecule has 0 amide bonds. The van der Waals surface area contributed by atoms with Gasteiger partial charge < -0.3 is 10.1 Å². The lowest BCUT2D eigenvalue weighted by atomic mass is 10.1. The van der Waals surface area contributed by atoms with Crippen LogP contribution in [0.1, 0.15) is 37.1 Å². The number of fused-ring (bicyclic) bond motifs is 1. The molecular weight excluding hydrogens is 262 g/mol. The lowest BCUT2D eigenvalue weighted by Crippen LogP contribution is -2.21. The summed E-state index contributed by atoms with van der Waals surface area (Å²) in [6, 6.07) is 5.06. The van der Waals surface area contributed by atoms with Gasteiger partial charge in [-0.3, -0.25) is 0 Å². The Morgan fingerprint density at radius 1 is 1.39 bits per heavy atom. The van der Waals surface area contributed by atoms with Crippen LogP contribution in [0.25, 0.3) is 9.40 Å². The van der Waals surface area contributed by atoms with Crippen LogP contribution in [0, 0.1) is 0 Å². The number of methoxy groups -OCH3 is 1. The van der Waals surface area contributed by atoms with E-state index < -0.39 is 0 Å². The summed E-state index contributed by atoms with van der Waals surface area (Å²) in [7, 11) is 1.77. The second-order valence-electron chi connectivity index (χ2n) is 4.44. The summed E-state index contributed by atoms with van der Waals surface area (Å²) < 4.78 is 8.00. The van der Waals surface area contributed by atoms with E-state index in [1.807, 2.05) is 22.7 Å². The maximum Gasteiger partial charge on any atom is 0.0462 e. The van der Waals surface area contributed by atoms with E-state index in [1.165, 1.54) is 20.7 Å². The molecular formula is C14H21NOS2. The smallest absolute Gasteiger partial charge is 0.0462 e. The molecule has 1 atom stereocenters. The van der Waals surface area contributed by atoms with Crippen LogP contribution in [0.15, 0.2) is 17.5 Å². The number of hydrogen-bond donors (Lipinski definition) is 1. The Balaban J connectivity index is 2.04. The molecule has 4 heteroatoms. The summed E-state index contributed by atoms with van der Waals surface area (Å²) >= 11 is 3.76. The van der Waals surface area contributed by atoms with Gasteiger partial charge >= 0.3 is 0 Å².